The number of esters is 3. The zero-order valence-electron chi connectivity index (χ0n) is 19.6. The lowest BCUT2D eigenvalue weighted by molar-refractivity contribution is -0.239. The van der Waals surface area contributed by atoms with E-state index in [-0.39, 0.29) is 6.61 Å². The van der Waals surface area contributed by atoms with E-state index in [1.807, 2.05) is 53.2 Å². The second kappa shape index (κ2) is 10.5. The molecule has 1 aliphatic heterocycles. The Morgan fingerprint density at radius 3 is 2.26 bits per heavy atom. The molecule has 8 nitrogen and oxygen atoms in total. The standard InChI is InChI=1S/C26H26ClNO7/c1-15(29)33-23-14-32-26(25(35-17(3)31)24(23)34-16(2)30)28-13-19(11-18-7-5-4-6-8-18)21-12-20(27)9-10-22(21)28/h4-10,12-13,23-26H,11,14H2,1-3H3/t23-,24+,25-,26-/m1/s1. The summed E-state index contributed by atoms with van der Waals surface area (Å²) < 4.78 is 24.4. The number of hydrogen-bond acceptors (Lipinski definition) is 7. The molecule has 2 heterocycles. The van der Waals surface area contributed by atoms with Crippen molar-refractivity contribution in [2.45, 2.75) is 51.7 Å². The number of hydrogen-bond donors (Lipinski definition) is 0. The maximum absolute atomic E-state index is 12.1. The van der Waals surface area contributed by atoms with E-state index in [2.05, 4.69) is 0 Å². The van der Waals surface area contributed by atoms with Crippen molar-refractivity contribution in [3.63, 3.8) is 0 Å². The minimum absolute atomic E-state index is 0.0543. The number of aromatic nitrogens is 1. The second-order valence-electron chi connectivity index (χ2n) is 8.41. The third-order valence-electron chi connectivity index (χ3n) is 5.71. The molecule has 184 valence electrons. The molecule has 0 aliphatic carbocycles. The molecule has 0 unspecified atom stereocenters. The summed E-state index contributed by atoms with van der Waals surface area (Å²) in [5.74, 6) is -1.76. The van der Waals surface area contributed by atoms with Crippen LogP contribution in [-0.2, 0) is 39.8 Å². The van der Waals surface area contributed by atoms with Crippen LogP contribution in [0.25, 0.3) is 10.9 Å². The predicted octanol–water partition coefficient (Wildman–Crippen LogP) is 4.21. The molecular formula is C26H26ClNO7. The number of halogens is 1. The average molecular weight is 500 g/mol. The lowest BCUT2D eigenvalue weighted by Crippen LogP contribution is -2.55. The Balaban J connectivity index is 1.79. The summed E-state index contributed by atoms with van der Waals surface area (Å²) in [5, 5.41) is 1.50. The van der Waals surface area contributed by atoms with Gasteiger partial charge in [0.15, 0.2) is 24.5 Å². The number of carbonyl (C=O) groups excluding carboxylic acids is 3. The molecule has 0 spiro atoms. The van der Waals surface area contributed by atoms with E-state index in [4.69, 9.17) is 30.5 Å². The number of carbonyl (C=O) groups is 3. The highest BCUT2D eigenvalue weighted by Crippen LogP contribution is 2.36. The molecule has 1 aliphatic rings. The Morgan fingerprint density at radius 2 is 1.60 bits per heavy atom. The van der Waals surface area contributed by atoms with E-state index in [9.17, 15) is 14.4 Å². The minimum atomic E-state index is -1.06. The molecule has 35 heavy (non-hydrogen) atoms. The lowest BCUT2D eigenvalue weighted by atomic mass is 10.0. The molecule has 1 fully saturated rings. The van der Waals surface area contributed by atoms with Crippen molar-refractivity contribution < 1.29 is 33.3 Å². The first-order chi connectivity index (χ1) is 16.7. The van der Waals surface area contributed by atoms with E-state index in [0.29, 0.717) is 11.4 Å². The van der Waals surface area contributed by atoms with Gasteiger partial charge in [-0.05, 0) is 35.7 Å². The Bertz CT molecular complexity index is 1240. The van der Waals surface area contributed by atoms with Gasteiger partial charge in [-0.2, -0.15) is 0 Å². The van der Waals surface area contributed by atoms with Crippen molar-refractivity contribution in [2.24, 2.45) is 0 Å². The molecule has 4 atom stereocenters. The predicted molar refractivity (Wildman–Crippen MR) is 128 cm³/mol. The first-order valence-electron chi connectivity index (χ1n) is 11.2. The molecule has 1 saturated heterocycles. The maximum atomic E-state index is 12.1. The smallest absolute Gasteiger partial charge is 0.303 e. The highest BCUT2D eigenvalue weighted by atomic mass is 35.5. The van der Waals surface area contributed by atoms with Crippen LogP contribution < -0.4 is 0 Å². The lowest BCUT2D eigenvalue weighted by Gasteiger charge is -2.41. The number of rotatable bonds is 6. The average Bonchev–Trinajstić information content (AvgIpc) is 3.13. The molecule has 4 rings (SSSR count). The first kappa shape index (κ1) is 24.8. The molecule has 0 bridgehead atoms. The van der Waals surface area contributed by atoms with Gasteiger partial charge in [0.25, 0.3) is 0 Å². The summed E-state index contributed by atoms with van der Waals surface area (Å²) in [7, 11) is 0. The summed E-state index contributed by atoms with van der Waals surface area (Å²) in [4.78, 5) is 35.6. The van der Waals surface area contributed by atoms with Crippen LogP contribution in [0.2, 0.25) is 5.02 Å². The van der Waals surface area contributed by atoms with Gasteiger partial charge in [-0.15, -0.1) is 0 Å². The van der Waals surface area contributed by atoms with Crippen LogP contribution in [0.15, 0.2) is 54.7 Å². The Kier molecular flexibility index (Phi) is 7.42. The summed E-state index contributed by atoms with van der Waals surface area (Å²) in [6.45, 7) is 3.69. The molecule has 0 saturated carbocycles. The minimum Gasteiger partial charge on any atom is -0.456 e. The van der Waals surface area contributed by atoms with Crippen LogP contribution in [0.1, 0.15) is 38.1 Å². The number of benzene rings is 2. The van der Waals surface area contributed by atoms with Crippen molar-refractivity contribution in [1.29, 1.82) is 0 Å². The highest BCUT2D eigenvalue weighted by Gasteiger charge is 2.48. The zero-order valence-corrected chi connectivity index (χ0v) is 20.4. The van der Waals surface area contributed by atoms with Crippen LogP contribution >= 0.6 is 11.6 Å². The van der Waals surface area contributed by atoms with Gasteiger partial charge >= 0.3 is 17.9 Å². The van der Waals surface area contributed by atoms with Crippen molar-refractivity contribution in [2.75, 3.05) is 6.61 Å². The first-order valence-corrected chi connectivity index (χ1v) is 11.6. The molecule has 1 aromatic heterocycles. The van der Waals surface area contributed by atoms with Crippen LogP contribution in [0.5, 0.6) is 0 Å². The summed E-state index contributed by atoms with van der Waals surface area (Å²) in [6, 6.07) is 15.5. The number of nitrogens with zero attached hydrogens (tertiary/aromatic N) is 1. The van der Waals surface area contributed by atoms with Crippen LogP contribution in [-0.4, -0.2) is 47.4 Å². The van der Waals surface area contributed by atoms with E-state index < -0.39 is 42.4 Å². The highest BCUT2D eigenvalue weighted by molar-refractivity contribution is 6.31. The summed E-state index contributed by atoms with van der Waals surface area (Å²) in [5.41, 5.74) is 2.90. The zero-order chi connectivity index (χ0) is 25.1. The van der Waals surface area contributed by atoms with Gasteiger partial charge in [-0.3, -0.25) is 14.4 Å². The van der Waals surface area contributed by atoms with Gasteiger partial charge in [0, 0.05) is 37.4 Å². The van der Waals surface area contributed by atoms with Gasteiger partial charge in [0.1, 0.15) is 0 Å². The largest absolute Gasteiger partial charge is 0.456 e. The fourth-order valence-electron chi connectivity index (χ4n) is 4.43. The van der Waals surface area contributed by atoms with E-state index >= 15 is 0 Å². The molecule has 2 aromatic carbocycles. The fraction of sp³-hybridized carbons (Fsp3) is 0.346. The van der Waals surface area contributed by atoms with Crippen molar-refractivity contribution in [3.8, 4) is 0 Å². The Labute approximate surface area is 207 Å². The monoisotopic (exact) mass is 499 g/mol. The van der Waals surface area contributed by atoms with Gasteiger partial charge in [-0.25, -0.2) is 0 Å². The number of fused-ring (bicyclic) bond motifs is 1. The van der Waals surface area contributed by atoms with Crippen LogP contribution in [0.3, 0.4) is 0 Å². The quantitative estimate of drug-likeness (QED) is 0.370. The molecule has 9 heteroatoms. The SMILES string of the molecule is CC(=O)O[C@@H]1[C@@H](OC(C)=O)[C@H](OC(C)=O)CO[C@H]1n1cc(Cc2ccccc2)c2cc(Cl)ccc21. The second-order valence-corrected chi connectivity index (χ2v) is 8.84. The summed E-state index contributed by atoms with van der Waals surface area (Å²) in [6.07, 6.45) is -1.34. The molecule has 0 N–H and O–H groups in total. The molecular weight excluding hydrogens is 474 g/mol. The van der Waals surface area contributed by atoms with Crippen molar-refractivity contribution in [1.82, 2.24) is 4.57 Å². The van der Waals surface area contributed by atoms with Gasteiger partial charge in [-0.1, -0.05) is 41.9 Å². The van der Waals surface area contributed by atoms with E-state index in [1.54, 1.807) is 6.07 Å². The maximum Gasteiger partial charge on any atom is 0.303 e. The third-order valence-corrected chi connectivity index (χ3v) is 5.95. The van der Waals surface area contributed by atoms with Crippen molar-refractivity contribution in [3.05, 3.63) is 70.9 Å². The van der Waals surface area contributed by atoms with Crippen LogP contribution in [0.4, 0.5) is 0 Å². The normalized spacial score (nSPS) is 21.9. The van der Waals surface area contributed by atoms with E-state index in [0.717, 1.165) is 22.0 Å². The van der Waals surface area contributed by atoms with E-state index in [1.165, 1.54) is 20.8 Å². The Morgan fingerprint density at radius 1 is 0.943 bits per heavy atom. The van der Waals surface area contributed by atoms with Gasteiger partial charge in [0.05, 0.1) is 12.1 Å². The van der Waals surface area contributed by atoms with Gasteiger partial charge < -0.3 is 23.5 Å². The topological polar surface area (TPSA) is 93.1 Å². The summed E-state index contributed by atoms with van der Waals surface area (Å²) >= 11 is 6.32. The molecule has 0 amide bonds. The third kappa shape index (κ3) is 5.66. The van der Waals surface area contributed by atoms with Crippen molar-refractivity contribution >= 4 is 40.4 Å². The molecule has 0 radical (unpaired) electrons. The van der Waals surface area contributed by atoms with Gasteiger partial charge in [0.2, 0.25) is 0 Å². The number of ether oxygens (including phenoxy) is 4. The fourth-order valence-corrected chi connectivity index (χ4v) is 4.60. The van der Waals surface area contributed by atoms with Crippen LogP contribution in [0, 0.1) is 0 Å². The molecule has 3 aromatic rings. The Hall–Kier alpha value is -3.36.